The molecule has 0 aliphatic heterocycles. The molecule has 0 fully saturated rings. The van der Waals surface area contributed by atoms with Gasteiger partial charge in [0.05, 0.1) is 12.7 Å². The van der Waals surface area contributed by atoms with Gasteiger partial charge < -0.3 is 9.05 Å². The molecule has 0 bridgehead atoms. The van der Waals surface area contributed by atoms with Crippen LogP contribution in [0.4, 0.5) is 0 Å². The maximum atomic E-state index is 11.7. The zero-order valence-corrected chi connectivity index (χ0v) is 11.4. The van der Waals surface area contributed by atoms with Crippen molar-refractivity contribution in [2.75, 3.05) is 6.61 Å². The van der Waals surface area contributed by atoms with Crippen molar-refractivity contribution >= 4 is 24.7 Å². The third kappa shape index (κ3) is 3.90. The van der Waals surface area contributed by atoms with E-state index in [-0.39, 0.29) is 11.9 Å². The van der Waals surface area contributed by atoms with Gasteiger partial charge >= 0.3 is 0 Å². The molecule has 0 amide bonds. The topological polar surface area (TPSA) is 35.5 Å². The number of carbonyl (C=O) groups excluding carboxylic acids is 1. The van der Waals surface area contributed by atoms with E-state index in [2.05, 4.69) is 18.9 Å². The summed E-state index contributed by atoms with van der Waals surface area (Å²) in [5, 5.41) is 0. The number of ketones is 1. The Bertz CT molecular complexity index is 183. The number of hydrogen-bond donors (Lipinski definition) is 0. The summed E-state index contributed by atoms with van der Waals surface area (Å²) in [6.45, 7) is 6.27. The average Bonchev–Trinajstić information content (AvgIpc) is 2.17. The molecule has 0 aromatic heterocycles. The van der Waals surface area contributed by atoms with E-state index in [1.807, 2.05) is 20.8 Å². The zero-order chi connectivity index (χ0) is 11.2. The number of rotatable bonds is 7. The van der Waals surface area contributed by atoms with Crippen LogP contribution in [-0.4, -0.2) is 18.5 Å². The molecule has 0 aliphatic carbocycles. The van der Waals surface area contributed by atoms with Crippen LogP contribution in [0.3, 0.4) is 0 Å². The minimum atomic E-state index is -0.445. The van der Waals surface area contributed by atoms with Crippen LogP contribution in [-0.2, 0) is 13.8 Å². The fraction of sp³-hybridized carbons (Fsp3) is 0.889. The van der Waals surface area contributed by atoms with Gasteiger partial charge in [-0.1, -0.05) is 20.8 Å². The molecule has 84 valence electrons. The van der Waals surface area contributed by atoms with Gasteiger partial charge in [0, 0.05) is 30.8 Å². The maximum Gasteiger partial charge on any atom is 0.140 e. The number of carbonyl (C=O) groups is 1. The normalized spacial score (nSPS) is 14.1. The van der Waals surface area contributed by atoms with Crippen LogP contribution in [0, 0.1) is 5.41 Å². The van der Waals surface area contributed by atoms with Crippen LogP contribution in [0.2, 0.25) is 0 Å². The first-order valence-corrected chi connectivity index (χ1v) is 5.65. The second kappa shape index (κ2) is 6.85. The molecule has 3 nitrogen and oxygen atoms in total. The highest BCUT2D eigenvalue weighted by molar-refractivity contribution is 7.10. The van der Waals surface area contributed by atoms with Crippen molar-refractivity contribution in [2.24, 2.45) is 5.41 Å². The SMILES string of the molecule is CCC(=O)C(C)(C)C(CCOP)OP. The first-order chi connectivity index (χ1) is 6.50. The summed E-state index contributed by atoms with van der Waals surface area (Å²) in [7, 11) is 4.42. The molecule has 0 N–H and O–H groups in total. The number of hydrogen-bond acceptors (Lipinski definition) is 3. The lowest BCUT2D eigenvalue weighted by atomic mass is 9.80. The highest BCUT2D eigenvalue weighted by Crippen LogP contribution is 2.29. The van der Waals surface area contributed by atoms with E-state index in [0.717, 1.165) is 0 Å². The molecule has 0 heterocycles. The molecule has 0 aromatic rings. The van der Waals surface area contributed by atoms with E-state index in [4.69, 9.17) is 9.05 Å². The molecule has 14 heavy (non-hydrogen) atoms. The fourth-order valence-corrected chi connectivity index (χ4v) is 2.02. The van der Waals surface area contributed by atoms with Gasteiger partial charge in [-0.15, -0.1) is 0 Å². The lowest BCUT2D eigenvalue weighted by Gasteiger charge is -2.31. The quantitative estimate of drug-likeness (QED) is 0.639. The van der Waals surface area contributed by atoms with Gasteiger partial charge in [0.2, 0.25) is 0 Å². The van der Waals surface area contributed by atoms with Crippen LogP contribution in [0.15, 0.2) is 0 Å². The van der Waals surface area contributed by atoms with Crippen molar-refractivity contribution in [3.05, 3.63) is 0 Å². The molecule has 5 heteroatoms. The first kappa shape index (κ1) is 14.5. The van der Waals surface area contributed by atoms with Crippen molar-refractivity contribution in [3.63, 3.8) is 0 Å². The molecular weight excluding hydrogens is 218 g/mol. The molecular formula is C9H20O3P2. The second-order valence-electron chi connectivity index (χ2n) is 3.78. The summed E-state index contributed by atoms with van der Waals surface area (Å²) in [6, 6.07) is 0. The molecule has 0 aromatic carbocycles. The molecule has 0 spiro atoms. The summed E-state index contributed by atoms with van der Waals surface area (Å²) in [4.78, 5) is 11.7. The average molecular weight is 238 g/mol. The van der Waals surface area contributed by atoms with Crippen LogP contribution < -0.4 is 0 Å². The van der Waals surface area contributed by atoms with Gasteiger partial charge in [-0.05, 0) is 6.42 Å². The smallest absolute Gasteiger partial charge is 0.140 e. The van der Waals surface area contributed by atoms with E-state index in [1.54, 1.807) is 0 Å². The minimum absolute atomic E-state index is 0.111. The van der Waals surface area contributed by atoms with Crippen LogP contribution in [0.1, 0.15) is 33.6 Å². The van der Waals surface area contributed by atoms with Crippen molar-refractivity contribution < 1.29 is 13.8 Å². The molecule has 0 aliphatic rings. The van der Waals surface area contributed by atoms with E-state index in [0.29, 0.717) is 19.4 Å². The van der Waals surface area contributed by atoms with Gasteiger partial charge in [-0.25, -0.2) is 0 Å². The summed E-state index contributed by atoms with van der Waals surface area (Å²) < 4.78 is 10.1. The van der Waals surface area contributed by atoms with Crippen molar-refractivity contribution in [3.8, 4) is 0 Å². The standard InChI is InChI=1S/C9H20O3P2/c1-4-7(10)9(2,3)8(12-14)5-6-11-13/h8H,4-6,13-14H2,1-3H3. The monoisotopic (exact) mass is 238 g/mol. The Morgan fingerprint density at radius 3 is 2.36 bits per heavy atom. The van der Waals surface area contributed by atoms with Gasteiger partial charge in [-0.3, -0.25) is 4.79 Å². The Kier molecular flexibility index (Phi) is 7.07. The van der Waals surface area contributed by atoms with Gasteiger partial charge in [-0.2, -0.15) is 0 Å². The van der Waals surface area contributed by atoms with Crippen LogP contribution >= 0.6 is 18.9 Å². The van der Waals surface area contributed by atoms with Crippen molar-refractivity contribution in [1.82, 2.24) is 0 Å². The lowest BCUT2D eigenvalue weighted by molar-refractivity contribution is -0.131. The van der Waals surface area contributed by atoms with Gasteiger partial charge in [0.15, 0.2) is 0 Å². The maximum absolute atomic E-state index is 11.7. The van der Waals surface area contributed by atoms with E-state index in [9.17, 15) is 4.79 Å². The second-order valence-corrected chi connectivity index (χ2v) is 4.39. The summed E-state index contributed by atoms with van der Waals surface area (Å²) in [6.07, 6.45) is 1.14. The molecule has 0 radical (unpaired) electrons. The zero-order valence-electron chi connectivity index (χ0n) is 9.08. The Labute approximate surface area is 90.9 Å². The fourth-order valence-electron chi connectivity index (χ4n) is 1.41. The third-order valence-corrected chi connectivity index (χ3v) is 3.07. The Morgan fingerprint density at radius 1 is 1.43 bits per heavy atom. The van der Waals surface area contributed by atoms with E-state index < -0.39 is 5.41 Å². The van der Waals surface area contributed by atoms with E-state index >= 15 is 0 Å². The summed E-state index contributed by atoms with van der Waals surface area (Å²) >= 11 is 0. The predicted octanol–water partition coefficient (Wildman–Crippen LogP) is 2.36. The molecule has 0 rings (SSSR count). The molecule has 3 atom stereocenters. The Morgan fingerprint density at radius 2 is 2.00 bits per heavy atom. The van der Waals surface area contributed by atoms with Crippen molar-refractivity contribution in [1.29, 1.82) is 0 Å². The summed E-state index contributed by atoms with van der Waals surface area (Å²) in [5.74, 6) is 0.216. The molecule has 3 unspecified atom stereocenters. The van der Waals surface area contributed by atoms with Crippen LogP contribution in [0.25, 0.3) is 0 Å². The predicted molar refractivity (Wildman–Crippen MR) is 63.9 cm³/mol. The van der Waals surface area contributed by atoms with E-state index in [1.165, 1.54) is 0 Å². The molecule has 0 saturated heterocycles. The lowest BCUT2D eigenvalue weighted by Crippen LogP contribution is -2.37. The first-order valence-electron chi connectivity index (χ1n) is 4.71. The Balaban J connectivity index is 4.39. The molecule has 0 saturated carbocycles. The minimum Gasteiger partial charge on any atom is -0.366 e. The number of Topliss-reactive ketones (excluding diaryl/α,β-unsaturated/α-hetero) is 1. The van der Waals surface area contributed by atoms with Crippen molar-refractivity contribution in [2.45, 2.75) is 39.7 Å². The van der Waals surface area contributed by atoms with Gasteiger partial charge in [0.25, 0.3) is 0 Å². The third-order valence-electron chi connectivity index (χ3n) is 2.51. The Hall–Kier alpha value is 0.450. The van der Waals surface area contributed by atoms with Crippen LogP contribution in [0.5, 0.6) is 0 Å². The van der Waals surface area contributed by atoms with Gasteiger partial charge in [0.1, 0.15) is 5.78 Å². The highest BCUT2D eigenvalue weighted by Gasteiger charge is 2.35. The largest absolute Gasteiger partial charge is 0.366 e. The summed E-state index contributed by atoms with van der Waals surface area (Å²) in [5.41, 5.74) is -0.445. The highest BCUT2D eigenvalue weighted by atomic mass is 31.0.